The van der Waals surface area contributed by atoms with E-state index in [1.54, 1.807) is 0 Å². The van der Waals surface area contributed by atoms with Crippen LogP contribution in [0.1, 0.15) is 59.8 Å². The Bertz CT molecular complexity index is 263. The van der Waals surface area contributed by atoms with E-state index in [0.29, 0.717) is 17.9 Å². The van der Waals surface area contributed by atoms with E-state index in [4.69, 9.17) is 0 Å². The molecule has 1 rings (SSSR count). The summed E-state index contributed by atoms with van der Waals surface area (Å²) in [7, 11) is 0. The molecule has 3 heteroatoms. The van der Waals surface area contributed by atoms with Crippen molar-refractivity contribution in [3.8, 4) is 0 Å². The first-order valence-electron chi connectivity index (χ1n) is 7.43. The fourth-order valence-corrected chi connectivity index (χ4v) is 3.24. The van der Waals surface area contributed by atoms with Gasteiger partial charge < -0.3 is 10.6 Å². The Balaban J connectivity index is 2.20. The van der Waals surface area contributed by atoms with Gasteiger partial charge in [0.15, 0.2) is 0 Å². The van der Waals surface area contributed by atoms with Gasteiger partial charge in [-0.1, -0.05) is 27.7 Å². The molecule has 3 nitrogen and oxygen atoms in total. The summed E-state index contributed by atoms with van der Waals surface area (Å²) >= 11 is 0. The predicted molar refractivity (Wildman–Crippen MR) is 76.5 cm³/mol. The fraction of sp³-hybridized carbons (Fsp3) is 0.933. The lowest BCUT2D eigenvalue weighted by Gasteiger charge is -2.39. The molecule has 0 spiro atoms. The second-order valence-electron chi connectivity index (χ2n) is 6.66. The highest BCUT2D eigenvalue weighted by atomic mass is 16.1. The van der Waals surface area contributed by atoms with Crippen molar-refractivity contribution in [2.45, 2.75) is 65.8 Å². The van der Waals surface area contributed by atoms with Crippen LogP contribution in [0.2, 0.25) is 0 Å². The maximum absolute atomic E-state index is 11.5. The highest BCUT2D eigenvalue weighted by Crippen LogP contribution is 2.38. The van der Waals surface area contributed by atoms with E-state index in [1.165, 1.54) is 19.3 Å². The minimum Gasteiger partial charge on any atom is -0.356 e. The fourth-order valence-electron chi connectivity index (χ4n) is 3.24. The van der Waals surface area contributed by atoms with Crippen LogP contribution in [0, 0.1) is 11.3 Å². The van der Waals surface area contributed by atoms with Crippen molar-refractivity contribution < 1.29 is 4.79 Å². The van der Waals surface area contributed by atoms with E-state index in [0.717, 1.165) is 25.4 Å². The molecule has 2 unspecified atom stereocenters. The maximum Gasteiger partial charge on any atom is 0.221 e. The summed E-state index contributed by atoms with van der Waals surface area (Å²) in [5, 5.41) is 6.47. The second-order valence-corrected chi connectivity index (χ2v) is 6.66. The van der Waals surface area contributed by atoms with E-state index >= 15 is 0 Å². The molecule has 2 atom stereocenters. The Morgan fingerprint density at radius 1 is 1.28 bits per heavy atom. The molecule has 2 N–H and O–H groups in total. The van der Waals surface area contributed by atoms with Crippen molar-refractivity contribution in [1.82, 2.24) is 10.6 Å². The van der Waals surface area contributed by atoms with Gasteiger partial charge in [0, 0.05) is 25.6 Å². The normalized spacial score (nSPS) is 26.9. The van der Waals surface area contributed by atoms with Crippen molar-refractivity contribution in [3.63, 3.8) is 0 Å². The van der Waals surface area contributed by atoms with Crippen molar-refractivity contribution in [1.29, 1.82) is 0 Å². The predicted octanol–water partition coefficient (Wildman–Crippen LogP) is 2.71. The molecule has 1 saturated carbocycles. The molecule has 0 aliphatic heterocycles. The first-order chi connectivity index (χ1) is 8.43. The van der Waals surface area contributed by atoms with Crippen LogP contribution >= 0.6 is 0 Å². The van der Waals surface area contributed by atoms with Crippen molar-refractivity contribution in [3.05, 3.63) is 0 Å². The maximum atomic E-state index is 11.5. The SMILES string of the molecule is CCCNC(=O)CCNC1CC(C)CC(C)(C)C1. The Kier molecular flexibility index (Phi) is 6.13. The van der Waals surface area contributed by atoms with Gasteiger partial charge >= 0.3 is 0 Å². The molecule has 0 aromatic heterocycles. The van der Waals surface area contributed by atoms with E-state index in [-0.39, 0.29) is 5.91 Å². The second kappa shape index (κ2) is 7.13. The smallest absolute Gasteiger partial charge is 0.221 e. The first kappa shape index (κ1) is 15.5. The number of rotatable bonds is 6. The quantitative estimate of drug-likeness (QED) is 0.765. The van der Waals surface area contributed by atoms with Gasteiger partial charge in [0.05, 0.1) is 0 Å². The van der Waals surface area contributed by atoms with Crippen LogP contribution < -0.4 is 10.6 Å². The number of carbonyl (C=O) groups is 1. The van der Waals surface area contributed by atoms with Crippen molar-refractivity contribution in [2.24, 2.45) is 11.3 Å². The molecule has 0 heterocycles. The topological polar surface area (TPSA) is 41.1 Å². The van der Waals surface area contributed by atoms with Crippen molar-refractivity contribution in [2.75, 3.05) is 13.1 Å². The Morgan fingerprint density at radius 2 is 2.00 bits per heavy atom. The Labute approximate surface area is 112 Å². The number of nitrogens with one attached hydrogen (secondary N) is 2. The molecule has 0 bridgehead atoms. The third-order valence-electron chi connectivity index (χ3n) is 3.74. The molecule has 18 heavy (non-hydrogen) atoms. The average Bonchev–Trinajstić information content (AvgIpc) is 2.23. The van der Waals surface area contributed by atoms with Crippen LogP contribution in [0.4, 0.5) is 0 Å². The Morgan fingerprint density at radius 3 is 2.61 bits per heavy atom. The monoisotopic (exact) mass is 254 g/mol. The zero-order valence-electron chi connectivity index (χ0n) is 12.5. The van der Waals surface area contributed by atoms with Gasteiger partial charge in [0.2, 0.25) is 5.91 Å². The van der Waals surface area contributed by atoms with E-state index in [2.05, 4.69) is 38.3 Å². The summed E-state index contributed by atoms with van der Waals surface area (Å²) in [6, 6.07) is 0.586. The van der Waals surface area contributed by atoms with Gasteiger partial charge in [-0.15, -0.1) is 0 Å². The van der Waals surface area contributed by atoms with E-state index < -0.39 is 0 Å². The molecule has 0 radical (unpaired) electrons. The van der Waals surface area contributed by atoms with Gasteiger partial charge in [-0.3, -0.25) is 4.79 Å². The van der Waals surface area contributed by atoms with Crippen molar-refractivity contribution >= 4 is 5.91 Å². The number of amides is 1. The minimum atomic E-state index is 0.174. The largest absolute Gasteiger partial charge is 0.356 e. The van der Waals surface area contributed by atoms with Crippen LogP contribution in [0.3, 0.4) is 0 Å². The summed E-state index contributed by atoms with van der Waals surface area (Å²) in [6.45, 7) is 10.7. The van der Waals surface area contributed by atoms with Crippen LogP contribution in [-0.2, 0) is 4.79 Å². The van der Waals surface area contributed by atoms with Gasteiger partial charge in [0.25, 0.3) is 0 Å². The molecule has 1 amide bonds. The summed E-state index contributed by atoms with van der Waals surface area (Å²) in [4.78, 5) is 11.5. The average molecular weight is 254 g/mol. The highest BCUT2D eigenvalue weighted by molar-refractivity contribution is 5.75. The standard InChI is InChI=1S/C15H30N2O/c1-5-7-17-14(18)6-8-16-13-9-12(2)10-15(3,4)11-13/h12-13,16H,5-11H2,1-4H3,(H,17,18). The van der Waals surface area contributed by atoms with Gasteiger partial charge in [-0.05, 0) is 37.0 Å². The van der Waals surface area contributed by atoms with Gasteiger partial charge in [-0.2, -0.15) is 0 Å². The third kappa shape index (κ3) is 5.85. The van der Waals surface area contributed by atoms with Crippen LogP contribution in [0.25, 0.3) is 0 Å². The molecule has 0 aromatic rings. The number of carbonyl (C=O) groups excluding carboxylic acids is 1. The molecular formula is C15H30N2O. The lowest BCUT2D eigenvalue weighted by Crippen LogP contribution is -2.41. The molecule has 0 saturated heterocycles. The minimum absolute atomic E-state index is 0.174. The highest BCUT2D eigenvalue weighted by Gasteiger charge is 2.31. The molecule has 1 fully saturated rings. The summed E-state index contributed by atoms with van der Waals surface area (Å²) in [5.74, 6) is 0.965. The molecule has 106 valence electrons. The zero-order chi connectivity index (χ0) is 13.6. The van der Waals surface area contributed by atoms with Crippen LogP contribution in [0.5, 0.6) is 0 Å². The summed E-state index contributed by atoms with van der Waals surface area (Å²) < 4.78 is 0. The number of hydrogen-bond acceptors (Lipinski definition) is 2. The zero-order valence-corrected chi connectivity index (χ0v) is 12.5. The summed E-state index contributed by atoms with van der Waals surface area (Å²) in [5.41, 5.74) is 0.444. The van der Waals surface area contributed by atoms with Crippen LogP contribution in [-0.4, -0.2) is 25.0 Å². The lowest BCUT2D eigenvalue weighted by molar-refractivity contribution is -0.121. The van der Waals surface area contributed by atoms with E-state index in [1.807, 2.05) is 0 Å². The third-order valence-corrected chi connectivity index (χ3v) is 3.74. The molecule has 1 aliphatic carbocycles. The summed E-state index contributed by atoms with van der Waals surface area (Å²) in [6.07, 6.45) is 5.41. The Hall–Kier alpha value is -0.570. The lowest BCUT2D eigenvalue weighted by atomic mass is 9.70. The van der Waals surface area contributed by atoms with E-state index in [9.17, 15) is 4.79 Å². The molecular weight excluding hydrogens is 224 g/mol. The molecule has 0 aromatic carbocycles. The molecule has 1 aliphatic rings. The first-order valence-corrected chi connectivity index (χ1v) is 7.43. The van der Waals surface area contributed by atoms with Gasteiger partial charge in [-0.25, -0.2) is 0 Å². The van der Waals surface area contributed by atoms with Gasteiger partial charge in [0.1, 0.15) is 0 Å². The van der Waals surface area contributed by atoms with Crippen LogP contribution in [0.15, 0.2) is 0 Å². The number of hydrogen-bond donors (Lipinski definition) is 2.